The van der Waals surface area contributed by atoms with Crippen molar-refractivity contribution in [2.75, 3.05) is 25.4 Å². The average molecular weight is 245 g/mol. The number of aromatic nitrogens is 3. The SMILES string of the molecule is Nc1nccc2nc(C[C@H]3CNCCO3)cnc12. The molecular formula is C12H15N5O. The Labute approximate surface area is 105 Å². The lowest BCUT2D eigenvalue weighted by Gasteiger charge is -2.23. The average Bonchev–Trinajstić information content (AvgIpc) is 2.40. The first-order chi connectivity index (χ1) is 8.83. The largest absolute Gasteiger partial charge is 0.382 e. The van der Waals surface area contributed by atoms with Crippen molar-refractivity contribution in [2.24, 2.45) is 0 Å². The Balaban J connectivity index is 1.84. The third kappa shape index (κ3) is 2.25. The number of nitrogen functional groups attached to an aromatic ring is 1. The van der Waals surface area contributed by atoms with Crippen LogP contribution in [0, 0.1) is 0 Å². The van der Waals surface area contributed by atoms with Crippen LogP contribution in [-0.2, 0) is 11.2 Å². The molecule has 0 saturated carbocycles. The van der Waals surface area contributed by atoms with E-state index in [0.717, 1.165) is 37.3 Å². The summed E-state index contributed by atoms with van der Waals surface area (Å²) >= 11 is 0. The predicted octanol–water partition coefficient (Wildman–Crippen LogP) is 0.138. The van der Waals surface area contributed by atoms with Gasteiger partial charge in [-0.05, 0) is 6.07 Å². The Kier molecular flexibility index (Phi) is 3.04. The molecule has 3 N–H and O–H groups in total. The number of hydrogen-bond acceptors (Lipinski definition) is 6. The van der Waals surface area contributed by atoms with Gasteiger partial charge in [-0.2, -0.15) is 0 Å². The maximum absolute atomic E-state index is 5.74. The number of fused-ring (bicyclic) bond motifs is 1. The first-order valence-corrected chi connectivity index (χ1v) is 6.01. The smallest absolute Gasteiger partial charge is 0.151 e. The molecule has 0 spiro atoms. The molecule has 1 aliphatic heterocycles. The summed E-state index contributed by atoms with van der Waals surface area (Å²) in [5, 5.41) is 3.30. The van der Waals surface area contributed by atoms with Crippen LogP contribution in [0.2, 0.25) is 0 Å². The second kappa shape index (κ2) is 4.83. The first kappa shape index (κ1) is 11.3. The van der Waals surface area contributed by atoms with Crippen LogP contribution >= 0.6 is 0 Å². The molecule has 0 radical (unpaired) electrons. The summed E-state index contributed by atoms with van der Waals surface area (Å²) in [7, 11) is 0. The van der Waals surface area contributed by atoms with Crippen LogP contribution in [0.25, 0.3) is 11.0 Å². The molecule has 2 aromatic heterocycles. The van der Waals surface area contributed by atoms with Gasteiger partial charge < -0.3 is 15.8 Å². The molecule has 6 heteroatoms. The van der Waals surface area contributed by atoms with E-state index in [4.69, 9.17) is 10.5 Å². The molecule has 1 aliphatic rings. The molecule has 1 saturated heterocycles. The fourth-order valence-corrected chi connectivity index (χ4v) is 2.09. The Morgan fingerprint density at radius 2 is 2.39 bits per heavy atom. The molecule has 0 aliphatic carbocycles. The fourth-order valence-electron chi connectivity index (χ4n) is 2.09. The van der Waals surface area contributed by atoms with Crippen LogP contribution in [0.1, 0.15) is 5.69 Å². The number of pyridine rings is 1. The van der Waals surface area contributed by atoms with E-state index in [9.17, 15) is 0 Å². The van der Waals surface area contributed by atoms with Gasteiger partial charge in [0.25, 0.3) is 0 Å². The molecule has 0 bridgehead atoms. The second-order valence-electron chi connectivity index (χ2n) is 4.33. The summed E-state index contributed by atoms with van der Waals surface area (Å²) in [5.74, 6) is 0.419. The van der Waals surface area contributed by atoms with Crippen LogP contribution in [0.15, 0.2) is 18.5 Å². The van der Waals surface area contributed by atoms with Gasteiger partial charge in [-0.3, -0.25) is 0 Å². The summed E-state index contributed by atoms with van der Waals surface area (Å²) in [6, 6.07) is 1.82. The number of rotatable bonds is 2. The highest BCUT2D eigenvalue weighted by atomic mass is 16.5. The first-order valence-electron chi connectivity index (χ1n) is 6.01. The van der Waals surface area contributed by atoms with Crippen LogP contribution in [0.5, 0.6) is 0 Å². The van der Waals surface area contributed by atoms with Crippen molar-refractivity contribution in [1.29, 1.82) is 0 Å². The summed E-state index contributed by atoms with van der Waals surface area (Å²) in [5.41, 5.74) is 8.10. The van der Waals surface area contributed by atoms with Gasteiger partial charge in [0, 0.05) is 31.9 Å². The molecule has 94 valence electrons. The summed E-state index contributed by atoms with van der Waals surface area (Å²) in [6.45, 7) is 2.53. The summed E-state index contributed by atoms with van der Waals surface area (Å²) in [6.07, 6.45) is 4.33. The zero-order valence-electron chi connectivity index (χ0n) is 9.97. The summed E-state index contributed by atoms with van der Waals surface area (Å²) in [4.78, 5) is 12.9. The Morgan fingerprint density at radius 1 is 1.44 bits per heavy atom. The lowest BCUT2D eigenvalue weighted by molar-refractivity contribution is 0.0286. The number of nitrogens with zero attached hydrogens (tertiary/aromatic N) is 3. The molecule has 18 heavy (non-hydrogen) atoms. The number of hydrogen-bond donors (Lipinski definition) is 2. The molecular weight excluding hydrogens is 230 g/mol. The Bertz CT molecular complexity index is 553. The van der Waals surface area contributed by atoms with Crippen LogP contribution < -0.4 is 11.1 Å². The fraction of sp³-hybridized carbons (Fsp3) is 0.417. The molecule has 1 atom stereocenters. The van der Waals surface area contributed by atoms with Crippen molar-refractivity contribution in [2.45, 2.75) is 12.5 Å². The van der Waals surface area contributed by atoms with Crippen molar-refractivity contribution >= 4 is 16.9 Å². The minimum Gasteiger partial charge on any atom is -0.382 e. The van der Waals surface area contributed by atoms with Gasteiger partial charge in [0.05, 0.1) is 23.9 Å². The minimum atomic E-state index is 0.171. The Hall–Kier alpha value is -1.79. The van der Waals surface area contributed by atoms with Gasteiger partial charge in [-0.25, -0.2) is 15.0 Å². The van der Waals surface area contributed by atoms with Crippen LogP contribution in [0.4, 0.5) is 5.82 Å². The van der Waals surface area contributed by atoms with Crippen molar-refractivity contribution in [3.8, 4) is 0 Å². The van der Waals surface area contributed by atoms with Gasteiger partial charge in [0.1, 0.15) is 5.52 Å². The quantitative estimate of drug-likeness (QED) is 0.782. The third-order valence-electron chi connectivity index (χ3n) is 2.98. The van der Waals surface area contributed by atoms with E-state index in [-0.39, 0.29) is 6.10 Å². The third-order valence-corrected chi connectivity index (χ3v) is 2.98. The van der Waals surface area contributed by atoms with E-state index in [1.54, 1.807) is 12.4 Å². The van der Waals surface area contributed by atoms with Gasteiger partial charge in [0.2, 0.25) is 0 Å². The van der Waals surface area contributed by atoms with Crippen molar-refractivity contribution in [3.63, 3.8) is 0 Å². The van der Waals surface area contributed by atoms with E-state index < -0.39 is 0 Å². The lowest BCUT2D eigenvalue weighted by atomic mass is 10.2. The molecule has 6 nitrogen and oxygen atoms in total. The van der Waals surface area contributed by atoms with E-state index in [1.807, 2.05) is 6.07 Å². The molecule has 3 heterocycles. The molecule has 1 fully saturated rings. The topological polar surface area (TPSA) is 86.0 Å². The molecule has 0 amide bonds. The molecule has 0 unspecified atom stereocenters. The maximum atomic E-state index is 5.74. The van der Waals surface area contributed by atoms with E-state index in [0.29, 0.717) is 11.3 Å². The minimum absolute atomic E-state index is 0.171. The molecule has 3 rings (SSSR count). The van der Waals surface area contributed by atoms with E-state index in [2.05, 4.69) is 20.3 Å². The highest BCUT2D eigenvalue weighted by Crippen LogP contribution is 2.15. The van der Waals surface area contributed by atoms with Crippen molar-refractivity contribution < 1.29 is 4.74 Å². The standard InChI is InChI=1S/C12H15N5O/c13-12-11-10(1-2-15-12)17-8(6-16-11)5-9-7-14-3-4-18-9/h1-2,6,9,14H,3-5,7H2,(H2,13,15)/t9-/m0/s1. The predicted molar refractivity (Wildman–Crippen MR) is 68.1 cm³/mol. The van der Waals surface area contributed by atoms with Gasteiger partial charge >= 0.3 is 0 Å². The van der Waals surface area contributed by atoms with Crippen LogP contribution in [0.3, 0.4) is 0 Å². The number of ether oxygens (including phenoxy) is 1. The highest BCUT2D eigenvalue weighted by molar-refractivity contribution is 5.83. The van der Waals surface area contributed by atoms with Gasteiger partial charge in [0.15, 0.2) is 5.82 Å². The monoisotopic (exact) mass is 245 g/mol. The molecule has 2 aromatic rings. The Morgan fingerprint density at radius 3 is 3.22 bits per heavy atom. The van der Waals surface area contributed by atoms with E-state index >= 15 is 0 Å². The van der Waals surface area contributed by atoms with Crippen molar-refractivity contribution in [1.82, 2.24) is 20.3 Å². The second-order valence-corrected chi connectivity index (χ2v) is 4.33. The van der Waals surface area contributed by atoms with E-state index in [1.165, 1.54) is 0 Å². The number of nitrogens with two attached hydrogens (primary N) is 1. The number of morpholine rings is 1. The normalized spacial score (nSPS) is 20.1. The highest BCUT2D eigenvalue weighted by Gasteiger charge is 2.15. The number of nitrogens with one attached hydrogen (secondary N) is 1. The lowest BCUT2D eigenvalue weighted by Crippen LogP contribution is -2.39. The number of anilines is 1. The van der Waals surface area contributed by atoms with Crippen molar-refractivity contribution in [3.05, 3.63) is 24.2 Å². The zero-order chi connectivity index (χ0) is 12.4. The van der Waals surface area contributed by atoms with Gasteiger partial charge in [-0.15, -0.1) is 0 Å². The van der Waals surface area contributed by atoms with Gasteiger partial charge in [-0.1, -0.05) is 0 Å². The maximum Gasteiger partial charge on any atom is 0.151 e. The summed E-state index contributed by atoms with van der Waals surface area (Å²) < 4.78 is 5.65. The van der Waals surface area contributed by atoms with Crippen LogP contribution in [-0.4, -0.2) is 40.8 Å². The molecule has 0 aromatic carbocycles. The zero-order valence-corrected chi connectivity index (χ0v) is 9.97.